The summed E-state index contributed by atoms with van der Waals surface area (Å²) in [7, 11) is 0. The molecule has 0 aliphatic carbocycles. The molecule has 0 fully saturated rings. The van der Waals surface area contributed by atoms with E-state index in [1.165, 1.54) is 32.1 Å². The van der Waals surface area contributed by atoms with Crippen LogP contribution in [0, 0.1) is 5.92 Å². The van der Waals surface area contributed by atoms with Crippen molar-refractivity contribution < 1.29 is 4.79 Å². The number of nitrogens with two attached hydrogens (primary N) is 1. The van der Waals surface area contributed by atoms with E-state index >= 15 is 0 Å². The standard InChI is InChI=1S/C13H27NO.ClH/c1-3-5-6-7-8-9-11-12(10-4-2)13(14)15;/h12H,3-11H2,1-2H3,(H2,14,15);1H. The largest absolute Gasteiger partial charge is 0.369 e. The molecule has 0 spiro atoms. The second-order valence-electron chi connectivity index (χ2n) is 4.44. The molecule has 16 heavy (non-hydrogen) atoms. The van der Waals surface area contributed by atoms with Crippen molar-refractivity contribution in [2.45, 2.75) is 71.6 Å². The zero-order valence-corrected chi connectivity index (χ0v) is 11.7. The Morgan fingerprint density at radius 1 is 0.938 bits per heavy atom. The van der Waals surface area contributed by atoms with E-state index in [0.717, 1.165) is 25.7 Å². The lowest BCUT2D eigenvalue weighted by Gasteiger charge is -2.11. The third-order valence-electron chi connectivity index (χ3n) is 2.95. The number of carbonyl (C=O) groups excluding carboxylic acids is 1. The van der Waals surface area contributed by atoms with Gasteiger partial charge in [0, 0.05) is 5.92 Å². The molecule has 0 saturated heterocycles. The van der Waals surface area contributed by atoms with Gasteiger partial charge in [0.1, 0.15) is 0 Å². The van der Waals surface area contributed by atoms with Crippen LogP contribution in [-0.4, -0.2) is 5.91 Å². The molecule has 0 bridgehead atoms. The molecule has 0 rings (SSSR count). The van der Waals surface area contributed by atoms with Crippen LogP contribution >= 0.6 is 12.4 Å². The van der Waals surface area contributed by atoms with Crippen LogP contribution in [0.2, 0.25) is 0 Å². The van der Waals surface area contributed by atoms with Crippen LogP contribution in [0.1, 0.15) is 71.6 Å². The molecule has 0 aliphatic heterocycles. The minimum atomic E-state index is -0.106. The molecule has 3 heteroatoms. The van der Waals surface area contributed by atoms with Crippen LogP contribution in [-0.2, 0) is 4.79 Å². The zero-order valence-electron chi connectivity index (χ0n) is 10.8. The number of hydrogen-bond acceptors (Lipinski definition) is 1. The molecule has 0 aliphatic rings. The van der Waals surface area contributed by atoms with Crippen molar-refractivity contribution in [2.24, 2.45) is 11.7 Å². The van der Waals surface area contributed by atoms with Gasteiger partial charge in [0.05, 0.1) is 0 Å². The Hall–Kier alpha value is -0.240. The molecule has 0 aromatic carbocycles. The van der Waals surface area contributed by atoms with E-state index in [0.29, 0.717) is 0 Å². The van der Waals surface area contributed by atoms with Crippen molar-refractivity contribution in [3.8, 4) is 0 Å². The van der Waals surface area contributed by atoms with E-state index in [4.69, 9.17) is 5.73 Å². The van der Waals surface area contributed by atoms with Gasteiger partial charge in [0.2, 0.25) is 5.91 Å². The smallest absolute Gasteiger partial charge is 0.220 e. The fraction of sp³-hybridized carbons (Fsp3) is 0.923. The minimum Gasteiger partial charge on any atom is -0.369 e. The highest BCUT2D eigenvalue weighted by atomic mass is 35.5. The Labute approximate surface area is 107 Å². The lowest BCUT2D eigenvalue weighted by atomic mass is 9.95. The van der Waals surface area contributed by atoms with Crippen LogP contribution in [0.25, 0.3) is 0 Å². The van der Waals surface area contributed by atoms with Crippen molar-refractivity contribution in [1.29, 1.82) is 0 Å². The van der Waals surface area contributed by atoms with Crippen molar-refractivity contribution in [2.75, 3.05) is 0 Å². The maximum absolute atomic E-state index is 11.1. The van der Waals surface area contributed by atoms with Gasteiger partial charge in [-0.2, -0.15) is 0 Å². The summed E-state index contributed by atoms with van der Waals surface area (Å²) in [6.07, 6.45) is 10.7. The first kappa shape index (κ1) is 18.1. The van der Waals surface area contributed by atoms with E-state index < -0.39 is 0 Å². The Balaban J connectivity index is 0. The van der Waals surface area contributed by atoms with Crippen molar-refractivity contribution in [3.05, 3.63) is 0 Å². The summed E-state index contributed by atoms with van der Waals surface area (Å²) in [5, 5.41) is 0. The summed E-state index contributed by atoms with van der Waals surface area (Å²) in [5.74, 6) is 0.0200. The quantitative estimate of drug-likeness (QED) is 0.583. The first-order valence-corrected chi connectivity index (χ1v) is 6.51. The molecule has 0 aromatic heterocycles. The summed E-state index contributed by atoms with van der Waals surface area (Å²) in [5.41, 5.74) is 5.35. The molecule has 98 valence electrons. The first-order chi connectivity index (χ1) is 7.22. The second-order valence-corrected chi connectivity index (χ2v) is 4.44. The average Bonchev–Trinajstić information content (AvgIpc) is 2.21. The van der Waals surface area contributed by atoms with E-state index in [2.05, 4.69) is 13.8 Å². The maximum atomic E-state index is 11.1. The zero-order chi connectivity index (χ0) is 11.5. The summed E-state index contributed by atoms with van der Waals surface area (Å²) < 4.78 is 0. The first-order valence-electron chi connectivity index (χ1n) is 6.51. The molecule has 1 unspecified atom stereocenters. The van der Waals surface area contributed by atoms with E-state index in [9.17, 15) is 4.79 Å². The van der Waals surface area contributed by atoms with Crippen LogP contribution < -0.4 is 5.73 Å². The van der Waals surface area contributed by atoms with Crippen LogP contribution in [0.4, 0.5) is 0 Å². The van der Waals surface area contributed by atoms with Gasteiger partial charge in [-0.1, -0.05) is 58.8 Å². The lowest BCUT2D eigenvalue weighted by molar-refractivity contribution is -0.122. The molecule has 2 nitrogen and oxygen atoms in total. The number of amides is 1. The molecule has 0 aromatic rings. The van der Waals surface area contributed by atoms with Crippen LogP contribution in [0.5, 0.6) is 0 Å². The third-order valence-corrected chi connectivity index (χ3v) is 2.95. The van der Waals surface area contributed by atoms with Crippen molar-refractivity contribution >= 4 is 18.3 Å². The number of primary amides is 1. The number of unbranched alkanes of at least 4 members (excludes halogenated alkanes) is 5. The second kappa shape index (κ2) is 12.8. The fourth-order valence-electron chi connectivity index (χ4n) is 1.95. The van der Waals surface area contributed by atoms with Gasteiger partial charge in [-0.25, -0.2) is 0 Å². The van der Waals surface area contributed by atoms with Crippen LogP contribution in [0.15, 0.2) is 0 Å². The predicted molar refractivity (Wildman–Crippen MR) is 72.8 cm³/mol. The van der Waals surface area contributed by atoms with Crippen molar-refractivity contribution in [1.82, 2.24) is 0 Å². The number of halogens is 1. The third kappa shape index (κ3) is 10.3. The fourth-order valence-corrected chi connectivity index (χ4v) is 1.95. The highest BCUT2D eigenvalue weighted by molar-refractivity contribution is 5.85. The highest BCUT2D eigenvalue weighted by Crippen LogP contribution is 2.16. The monoisotopic (exact) mass is 249 g/mol. The molecule has 2 N–H and O–H groups in total. The summed E-state index contributed by atoms with van der Waals surface area (Å²) in [6, 6.07) is 0. The number of carbonyl (C=O) groups is 1. The Bertz CT molecular complexity index is 162. The van der Waals surface area contributed by atoms with Gasteiger partial charge in [-0.15, -0.1) is 12.4 Å². The van der Waals surface area contributed by atoms with E-state index in [-0.39, 0.29) is 24.2 Å². The topological polar surface area (TPSA) is 43.1 Å². The van der Waals surface area contributed by atoms with Gasteiger partial charge >= 0.3 is 0 Å². The molecule has 0 radical (unpaired) electrons. The normalized spacial score (nSPS) is 11.9. The lowest BCUT2D eigenvalue weighted by Crippen LogP contribution is -2.23. The van der Waals surface area contributed by atoms with E-state index in [1.807, 2.05) is 0 Å². The van der Waals surface area contributed by atoms with Crippen LogP contribution in [0.3, 0.4) is 0 Å². The molecule has 1 atom stereocenters. The van der Waals surface area contributed by atoms with Gasteiger partial charge < -0.3 is 5.73 Å². The number of hydrogen-bond donors (Lipinski definition) is 1. The Morgan fingerprint density at radius 2 is 1.50 bits per heavy atom. The Kier molecular flexibility index (Phi) is 14.5. The molecular weight excluding hydrogens is 222 g/mol. The summed E-state index contributed by atoms with van der Waals surface area (Å²) in [6.45, 7) is 4.33. The molecular formula is C13H28ClNO. The SMILES string of the molecule is CCCCCCCCC(CCC)C(N)=O.Cl. The predicted octanol–water partition coefficient (Wildman–Crippen LogP) is 4.06. The van der Waals surface area contributed by atoms with Gasteiger partial charge in [-0.3, -0.25) is 4.79 Å². The van der Waals surface area contributed by atoms with Gasteiger partial charge in [0.25, 0.3) is 0 Å². The minimum absolute atomic E-state index is 0. The van der Waals surface area contributed by atoms with Gasteiger partial charge in [0.15, 0.2) is 0 Å². The maximum Gasteiger partial charge on any atom is 0.220 e. The molecule has 0 heterocycles. The summed E-state index contributed by atoms with van der Waals surface area (Å²) in [4.78, 5) is 11.1. The highest BCUT2D eigenvalue weighted by Gasteiger charge is 2.12. The van der Waals surface area contributed by atoms with Crippen molar-refractivity contribution in [3.63, 3.8) is 0 Å². The van der Waals surface area contributed by atoms with E-state index in [1.54, 1.807) is 0 Å². The summed E-state index contributed by atoms with van der Waals surface area (Å²) >= 11 is 0. The molecule has 0 saturated carbocycles. The Morgan fingerprint density at radius 3 is 2.00 bits per heavy atom. The molecule has 1 amide bonds. The number of rotatable bonds is 10. The van der Waals surface area contributed by atoms with Gasteiger partial charge in [-0.05, 0) is 12.8 Å². The average molecular weight is 250 g/mol.